The zero-order chi connectivity index (χ0) is 15.9. The third kappa shape index (κ3) is 2.24. The largest absolute Gasteiger partial charge is 0.467 e. The molecule has 0 unspecified atom stereocenters. The Morgan fingerprint density at radius 3 is 2.73 bits per heavy atom. The number of fused-ring (bicyclic) bond motifs is 1. The maximum atomic E-state index is 12.4. The molecule has 0 bridgehead atoms. The van der Waals surface area contributed by atoms with E-state index in [1.54, 1.807) is 18.2 Å². The highest BCUT2D eigenvalue weighted by Crippen LogP contribution is 2.38. The van der Waals surface area contributed by atoms with E-state index < -0.39 is 11.5 Å². The Morgan fingerprint density at radius 2 is 2.09 bits per heavy atom. The molecule has 1 aliphatic heterocycles. The Morgan fingerprint density at radius 1 is 1.36 bits per heavy atom. The monoisotopic (exact) mass is 302 g/mol. The summed E-state index contributed by atoms with van der Waals surface area (Å²) < 4.78 is 4.82. The normalized spacial score (nSPS) is 25.7. The molecule has 116 valence electrons. The Balaban J connectivity index is 1.81. The van der Waals surface area contributed by atoms with Crippen molar-refractivity contribution in [1.29, 1.82) is 0 Å². The molecular formula is C16H18N2O4. The fourth-order valence-electron chi connectivity index (χ4n) is 3.29. The molecule has 0 saturated heterocycles. The average Bonchev–Trinajstić information content (AvgIpc) is 2.85. The predicted octanol–water partition coefficient (Wildman–Crippen LogP) is 1.00. The van der Waals surface area contributed by atoms with E-state index >= 15 is 0 Å². The summed E-state index contributed by atoms with van der Waals surface area (Å²) in [6.45, 7) is 2.51. The molecule has 1 aromatic carbocycles. The second kappa shape index (κ2) is 5.12. The molecule has 1 aromatic rings. The minimum atomic E-state index is -0.938. The van der Waals surface area contributed by atoms with E-state index in [-0.39, 0.29) is 11.8 Å². The lowest BCUT2D eigenvalue weighted by Gasteiger charge is -2.44. The van der Waals surface area contributed by atoms with Crippen molar-refractivity contribution in [3.8, 4) is 0 Å². The summed E-state index contributed by atoms with van der Waals surface area (Å²) in [6, 6.07) is 5.00. The lowest BCUT2D eigenvalue weighted by Crippen LogP contribution is -2.62. The number of ether oxygens (including phenoxy) is 1. The van der Waals surface area contributed by atoms with Crippen molar-refractivity contribution >= 4 is 17.8 Å². The Bertz CT molecular complexity index is 662. The molecule has 3 rings (SSSR count). The molecule has 6 nitrogen and oxygen atoms in total. The lowest BCUT2D eigenvalue weighted by atomic mass is 9.69. The first-order valence-corrected chi connectivity index (χ1v) is 7.27. The van der Waals surface area contributed by atoms with Crippen LogP contribution in [0, 0.1) is 5.92 Å². The number of carbonyl (C=O) groups excluding carboxylic acids is 3. The number of carbonyl (C=O) groups is 3. The highest BCUT2D eigenvalue weighted by molar-refractivity contribution is 6.03. The van der Waals surface area contributed by atoms with E-state index in [2.05, 4.69) is 10.6 Å². The molecular weight excluding hydrogens is 284 g/mol. The van der Waals surface area contributed by atoms with Gasteiger partial charge >= 0.3 is 5.97 Å². The summed E-state index contributed by atoms with van der Waals surface area (Å²) in [4.78, 5) is 36.1. The van der Waals surface area contributed by atoms with Gasteiger partial charge < -0.3 is 15.4 Å². The van der Waals surface area contributed by atoms with Gasteiger partial charge in [0.1, 0.15) is 5.54 Å². The average molecular weight is 302 g/mol. The fraction of sp³-hybridized carbons (Fsp3) is 0.438. The van der Waals surface area contributed by atoms with Gasteiger partial charge in [-0.05, 0) is 36.5 Å². The first-order chi connectivity index (χ1) is 10.4. The van der Waals surface area contributed by atoms with Crippen molar-refractivity contribution < 1.29 is 19.1 Å². The van der Waals surface area contributed by atoms with Gasteiger partial charge in [-0.25, -0.2) is 4.79 Å². The molecule has 0 radical (unpaired) electrons. The van der Waals surface area contributed by atoms with E-state index in [0.717, 1.165) is 5.56 Å². The van der Waals surface area contributed by atoms with Gasteiger partial charge in [0.25, 0.3) is 11.8 Å². The SMILES string of the molecule is COC(=O)C1(NC(=O)c2ccc3c(c2)C(=O)NC3)CC(C)C1. The second-order valence-corrected chi connectivity index (χ2v) is 6.10. The Hall–Kier alpha value is -2.37. The van der Waals surface area contributed by atoms with E-state index in [4.69, 9.17) is 4.74 Å². The van der Waals surface area contributed by atoms with Crippen molar-refractivity contribution in [2.24, 2.45) is 5.92 Å². The first-order valence-electron chi connectivity index (χ1n) is 7.27. The molecule has 0 spiro atoms. The van der Waals surface area contributed by atoms with Crippen LogP contribution in [0.3, 0.4) is 0 Å². The van der Waals surface area contributed by atoms with Gasteiger partial charge in [0.05, 0.1) is 7.11 Å². The van der Waals surface area contributed by atoms with Gasteiger partial charge in [-0.3, -0.25) is 9.59 Å². The van der Waals surface area contributed by atoms with Crippen LogP contribution in [0.1, 0.15) is 46.0 Å². The van der Waals surface area contributed by atoms with E-state index in [1.165, 1.54) is 7.11 Å². The first kappa shape index (κ1) is 14.6. The summed E-state index contributed by atoms with van der Waals surface area (Å²) in [5.74, 6) is -0.590. The predicted molar refractivity (Wildman–Crippen MR) is 78.2 cm³/mol. The van der Waals surface area contributed by atoms with Crippen LogP contribution in [-0.2, 0) is 16.1 Å². The van der Waals surface area contributed by atoms with Crippen molar-refractivity contribution in [2.45, 2.75) is 31.8 Å². The number of methoxy groups -OCH3 is 1. The molecule has 1 fully saturated rings. The molecule has 2 aliphatic rings. The number of hydrogen-bond acceptors (Lipinski definition) is 4. The van der Waals surface area contributed by atoms with Gasteiger partial charge in [-0.15, -0.1) is 0 Å². The topological polar surface area (TPSA) is 84.5 Å². The van der Waals surface area contributed by atoms with Crippen LogP contribution in [0.4, 0.5) is 0 Å². The lowest BCUT2D eigenvalue weighted by molar-refractivity contribution is -0.154. The van der Waals surface area contributed by atoms with Crippen LogP contribution in [-0.4, -0.2) is 30.4 Å². The van der Waals surface area contributed by atoms with Crippen molar-refractivity contribution in [3.05, 3.63) is 34.9 Å². The van der Waals surface area contributed by atoms with E-state index in [9.17, 15) is 14.4 Å². The van der Waals surface area contributed by atoms with Crippen molar-refractivity contribution in [3.63, 3.8) is 0 Å². The zero-order valence-corrected chi connectivity index (χ0v) is 12.6. The van der Waals surface area contributed by atoms with Crippen LogP contribution in [0.25, 0.3) is 0 Å². The van der Waals surface area contributed by atoms with Crippen LogP contribution in [0.15, 0.2) is 18.2 Å². The fourth-order valence-corrected chi connectivity index (χ4v) is 3.29. The Kier molecular flexibility index (Phi) is 3.39. The highest BCUT2D eigenvalue weighted by atomic mass is 16.5. The second-order valence-electron chi connectivity index (χ2n) is 6.10. The number of benzene rings is 1. The van der Waals surface area contributed by atoms with Crippen molar-refractivity contribution in [2.75, 3.05) is 7.11 Å². The standard InChI is InChI=1S/C16H18N2O4/c1-9-6-16(7-9,15(21)22-2)18-13(19)10-3-4-11-8-17-14(20)12(11)5-10/h3-5,9H,6-8H2,1-2H3,(H,17,20)(H,18,19). The van der Waals surface area contributed by atoms with E-state index in [0.29, 0.717) is 36.4 Å². The minimum absolute atomic E-state index is 0.176. The van der Waals surface area contributed by atoms with Gasteiger partial charge in [-0.1, -0.05) is 13.0 Å². The maximum Gasteiger partial charge on any atom is 0.331 e. The van der Waals surface area contributed by atoms with Crippen LogP contribution in [0.5, 0.6) is 0 Å². The summed E-state index contributed by atoms with van der Waals surface area (Å²) in [6.07, 6.45) is 1.13. The third-order valence-electron chi connectivity index (χ3n) is 4.38. The summed E-state index contributed by atoms with van der Waals surface area (Å²) in [5, 5.41) is 5.50. The highest BCUT2D eigenvalue weighted by Gasteiger charge is 2.50. The van der Waals surface area contributed by atoms with E-state index in [1.807, 2.05) is 6.92 Å². The molecule has 2 amide bonds. The van der Waals surface area contributed by atoms with Gasteiger partial charge in [0, 0.05) is 17.7 Å². The number of esters is 1. The van der Waals surface area contributed by atoms with Gasteiger partial charge in [0.2, 0.25) is 0 Å². The smallest absolute Gasteiger partial charge is 0.331 e. The quantitative estimate of drug-likeness (QED) is 0.816. The van der Waals surface area contributed by atoms with Crippen molar-refractivity contribution in [1.82, 2.24) is 10.6 Å². The Labute approximate surface area is 128 Å². The molecule has 1 aliphatic carbocycles. The number of nitrogens with one attached hydrogen (secondary N) is 2. The molecule has 0 aromatic heterocycles. The molecule has 0 atom stereocenters. The number of hydrogen-bond donors (Lipinski definition) is 2. The van der Waals surface area contributed by atoms with Crippen LogP contribution in [0.2, 0.25) is 0 Å². The molecule has 6 heteroatoms. The number of rotatable bonds is 3. The van der Waals surface area contributed by atoms with Crippen LogP contribution < -0.4 is 10.6 Å². The molecule has 1 saturated carbocycles. The summed E-state index contributed by atoms with van der Waals surface area (Å²) in [7, 11) is 1.32. The summed E-state index contributed by atoms with van der Waals surface area (Å²) >= 11 is 0. The van der Waals surface area contributed by atoms with Gasteiger partial charge in [0.15, 0.2) is 0 Å². The maximum absolute atomic E-state index is 12.4. The van der Waals surface area contributed by atoms with Gasteiger partial charge in [-0.2, -0.15) is 0 Å². The minimum Gasteiger partial charge on any atom is -0.467 e. The number of amides is 2. The van der Waals surface area contributed by atoms with Crippen LogP contribution >= 0.6 is 0 Å². The molecule has 2 N–H and O–H groups in total. The summed E-state index contributed by atoms with van der Waals surface area (Å²) in [5.41, 5.74) is 0.828. The zero-order valence-electron chi connectivity index (χ0n) is 12.6. The molecule has 22 heavy (non-hydrogen) atoms. The molecule has 1 heterocycles. The third-order valence-corrected chi connectivity index (χ3v) is 4.38.